The number of nitrogens with one attached hydrogen (secondary N) is 1. The quantitative estimate of drug-likeness (QED) is 0.925. The molecule has 4 heteroatoms. The van der Waals surface area contributed by atoms with Crippen molar-refractivity contribution in [3.8, 4) is 0 Å². The number of rotatable bonds is 4. The van der Waals surface area contributed by atoms with Gasteiger partial charge in [0.1, 0.15) is 0 Å². The van der Waals surface area contributed by atoms with E-state index in [0.29, 0.717) is 12.5 Å². The Hall–Kier alpha value is -2.62. The number of fused-ring (bicyclic) bond motifs is 3. The maximum absolute atomic E-state index is 12.5. The normalized spacial score (nSPS) is 22.1. The number of piperidine rings is 2. The molecular formula is C21H22N2O2. The summed E-state index contributed by atoms with van der Waals surface area (Å²) in [7, 11) is 0. The molecule has 2 aromatic carbocycles. The topological polar surface area (TPSA) is 49.4 Å². The molecule has 5 rings (SSSR count). The van der Waals surface area contributed by atoms with Crippen molar-refractivity contribution in [2.45, 2.75) is 38.1 Å². The molecule has 128 valence electrons. The fourth-order valence-electron chi connectivity index (χ4n) is 3.99. The summed E-state index contributed by atoms with van der Waals surface area (Å²) in [4.78, 5) is 26.6. The van der Waals surface area contributed by atoms with E-state index in [1.807, 2.05) is 59.5 Å². The lowest BCUT2D eigenvalue weighted by Gasteiger charge is -2.44. The molecule has 1 aliphatic carbocycles. The molecule has 1 N–H and O–H groups in total. The van der Waals surface area contributed by atoms with E-state index in [9.17, 15) is 9.59 Å². The van der Waals surface area contributed by atoms with Crippen molar-refractivity contribution >= 4 is 23.2 Å². The van der Waals surface area contributed by atoms with Crippen LogP contribution < -0.4 is 10.2 Å². The predicted molar refractivity (Wildman–Crippen MR) is 98.4 cm³/mol. The number of hydrogen-bond donors (Lipinski definition) is 1. The highest BCUT2D eigenvalue weighted by Gasteiger charge is 2.40. The molecule has 3 fully saturated rings. The van der Waals surface area contributed by atoms with E-state index in [1.54, 1.807) is 0 Å². The van der Waals surface area contributed by atoms with Crippen LogP contribution in [-0.4, -0.2) is 17.9 Å². The summed E-state index contributed by atoms with van der Waals surface area (Å²) in [5, 5.41) is 2.92. The Labute approximate surface area is 147 Å². The Morgan fingerprint density at radius 1 is 0.960 bits per heavy atom. The molecule has 2 heterocycles. The smallest absolute Gasteiger partial charge is 0.230 e. The summed E-state index contributed by atoms with van der Waals surface area (Å²) in [5.74, 6) is 0.436. The maximum atomic E-state index is 12.5. The van der Waals surface area contributed by atoms with Gasteiger partial charge in [-0.1, -0.05) is 30.3 Å². The van der Waals surface area contributed by atoms with Crippen LogP contribution in [0.25, 0.3) is 0 Å². The Bertz CT molecular complexity index is 762. The van der Waals surface area contributed by atoms with Crippen molar-refractivity contribution in [3.63, 3.8) is 0 Å². The minimum absolute atomic E-state index is 0.0351. The number of nitrogens with zero attached hydrogens (tertiary/aromatic N) is 1. The second-order valence-electron chi connectivity index (χ2n) is 6.97. The van der Waals surface area contributed by atoms with Crippen molar-refractivity contribution in [3.05, 3.63) is 60.2 Å². The third kappa shape index (κ3) is 3.29. The Balaban J connectivity index is 1.42. The van der Waals surface area contributed by atoms with E-state index >= 15 is 0 Å². The maximum Gasteiger partial charge on any atom is 0.230 e. The first-order valence-electron chi connectivity index (χ1n) is 8.97. The van der Waals surface area contributed by atoms with Crippen LogP contribution in [0.3, 0.4) is 0 Å². The van der Waals surface area contributed by atoms with Crippen molar-refractivity contribution in [2.75, 3.05) is 10.2 Å². The first-order valence-corrected chi connectivity index (χ1v) is 8.97. The van der Waals surface area contributed by atoms with Gasteiger partial charge in [0.15, 0.2) is 0 Å². The molecule has 1 saturated carbocycles. The van der Waals surface area contributed by atoms with Crippen molar-refractivity contribution in [1.82, 2.24) is 0 Å². The molecule has 0 atom stereocenters. The molecule has 0 spiro atoms. The van der Waals surface area contributed by atoms with Gasteiger partial charge in [-0.2, -0.15) is 0 Å². The zero-order chi connectivity index (χ0) is 17.2. The molecule has 2 amide bonds. The molecule has 2 aliphatic heterocycles. The van der Waals surface area contributed by atoms with E-state index in [0.717, 1.165) is 42.6 Å². The van der Waals surface area contributed by atoms with Crippen LogP contribution in [0.2, 0.25) is 0 Å². The van der Waals surface area contributed by atoms with E-state index in [-0.39, 0.29) is 17.7 Å². The summed E-state index contributed by atoms with van der Waals surface area (Å²) < 4.78 is 0. The molecular weight excluding hydrogens is 312 g/mol. The van der Waals surface area contributed by atoms with E-state index in [1.165, 1.54) is 0 Å². The van der Waals surface area contributed by atoms with Crippen molar-refractivity contribution in [1.29, 1.82) is 0 Å². The molecule has 2 bridgehead atoms. The highest BCUT2D eigenvalue weighted by atomic mass is 16.2. The standard InChI is InChI=1S/C21H22N2O2/c24-20(14-15-4-2-1-3-5-15)22-17-8-12-19(13-9-17)23-18-10-6-16(7-11-18)21(23)25/h1-5,8-9,12-13,16,18H,6-7,10-11,14H2,(H,22,24). The van der Waals surface area contributed by atoms with Gasteiger partial charge in [0.25, 0.3) is 0 Å². The number of benzene rings is 2. The second kappa shape index (κ2) is 6.71. The summed E-state index contributed by atoms with van der Waals surface area (Å²) >= 11 is 0. The first-order chi connectivity index (χ1) is 12.2. The van der Waals surface area contributed by atoms with Crippen LogP contribution in [0.4, 0.5) is 11.4 Å². The fraction of sp³-hybridized carbons (Fsp3) is 0.333. The minimum atomic E-state index is -0.0351. The van der Waals surface area contributed by atoms with Gasteiger partial charge in [0.2, 0.25) is 11.8 Å². The van der Waals surface area contributed by atoms with Crippen molar-refractivity contribution < 1.29 is 9.59 Å². The van der Waals surface area contributed by atoms with Gasteiger partial charge >= 0.3 is 0 Å². The number of amides is 2. The number of carbonyl (C=O) groups excluding carboxylic acids is 2. The lowest BCUT2D eigenvalue weighted by molar-refractivity contribution is -0.127. The molecule has 0 radical (unpaired) electrons. The first kappa shape index (κ1) is 15.9. The Morgan fingerprint density at radius 2 is 1.64 bits per heavy atom. The van der Waals surface area contributed by atoms with Gasteiger partial charge in [-0.15, -0.1) is 0 Å². The molecule has 2 saturated heterocycles. The fourth-order valence-corrected chi connectivity index (χ4v) is 3.99. The van der Waals surface area contributed by atoms with Gasteiger partial charge in [-0.25, -0.2) is 0 Å². The van der Waals surface area contributed by atoms with Gasteiger partial charge < -0.3 is 10.2 Å². The highest BCUT2D eigenvalue weighted by Crippen LogP contribution is 2.38. The van der Waals surface area contributed by atoms with Crippen LogP contribution in [-0.2, 0) is 16.0 Å². The zero-order valence-electron chi connectivity index (χ0n) is 14.2. The van der Waals surface area contributed by atoms with Gasteiger partial charge in [0.05, 0.1) is 6.42 Å². The second-order valence-corrected chi connectivity index (χ2v) is 6.97. The predicted octanol–water partition coefficient (Wildman–Crippen LogP) is 3.77. The van der Waals surface area contributed by atoms with Gasteiger partial charge in [0, 0.05) is 23.3 Å². The van der Waals surface area contributed by atoms with E-state index in [2.05, 4.69) is 5.32 Å². The summed E-state index contributed by atoms with van der Waals surface area (Å²) in [6.45, 7) is 0. The van der Waals surface area contributed by atoms with Crippen LogP contribution in [0.15, 0.2) is 54.6 Å². The van der Waals surface area contributed by atoms with Crippen LogP contribution in [0.1, 0.15) is 31.2 Å². The average molecular weight is 334 g/mol. The lowest BCUT2D eigenvalue weighted by Crippen LogP contribution is -2.52. The van der Waals surface area contributed by atoms with Crippen LogP contribution >= 0.6 is 0 Å². The van der Waals surface area contributed by atoms with Crippen LogP contribution in [0, 0.1) is 5.92 Å². The van der Waals surface area contributed by atoms with Crippen LogP contribution in [0.5, 0.6) is 0 Å². The third-order valence-electron chi connectivity index (χ3n) is 5.29. The van der Waals surface area contributed by atoms with E-state index < -0.39 is 0 Å². The molecule has 2 aromatic rings. The summed E-state index contributed by atoms with van der Waals surface area (Å²) in [5.41, 5.74) is 2.70. The Kier molecular flexibility index (Phi) is 4.26. The third-order valence-corrected chi connectivity index (χ3v) is 5.29. The number of carbonyl (C=O) groups is 2. The minimum Gasteiger partial charge on any atom is -0.326 e. The average Bonchev–Trinajstić information content (AvgIpc) is 2.64. The van der Waals surface area contributed by atoms with Gasteiger partial charge in [-0.3, -0.25) is 9.59 Å². The van der Waals surface area contributed by atoms with Crippen molar-refractivity contribution in [2.24, 2.45) is 5.92 Å². The molecule has 4 nitrogen and oxygen atoms in total. The number of anilines is 2. The number of hydrogen-bond acceptors (Lipinski definition) is 2. The molecule has 25 heavy (non-hydrogen) atoms. The Morgan fingerprint density at radius 3 is 2.28 bits per heavy atom. The largest absolute Gasteiger partial charge is 0.326 e. The zero-order valence-corrected chi connectivity index (χ0v) is 14.2. The lowest BCUT2D eigenvalue weighted by atomic mass is 9.79. The molecule has 3 aliphatic rings. The monoisotopic (exact) mass is 334 g/mol. The van der Waals surface area contributed by atoms with Gasteiger partial charge in [-0.05, 0) is 55.5 Å². The summed E-state index contributed by atoms with van der Waals surface area (Å²) in [6.07, 6.45) is 4.64. The molecule has 0 unspecified atom stereocenters. The SMILES string of the molecule is O=C(Cc1ccccc1)Nc1ccc(N2C(=O)C3CCC2CC3)cc1. The molecule has 0 aromatic heterocycles. The summed E-state index contributed by atoms with van der Waals surface area (Å²) in [6, 6.07) is 17.7. The highest BCUT2D eigenvalue weighted by molar-refractivity contribution is 5.98. The van der Waals surface area contributed by atoms with E-state index in [4.69, 9.17) is 0 Å².